The number of aliphatic hydroxyl groups is 2. The fraction of sp³-hybridized carbons (Fsp3) is 0.320. The minimum Gasteiger partial charge on any atom is -0.394 e. The number of aromatic nitrogens is 2. The highest BCUT2D eigenvalue weighted by Crippen LogP contribution is 2.25. The van der Waals surface area contributed by atoms with E-state index < -0.39 is 6.10 Å². The maximum Gasteiger partial charge on any atom is 0.137 e. The Kier molecular flexibility index (Phi) is 6.63. The second-order valence-corrected chi connectivity index (χ2v) is 8.05. The van der Waals surface area contributed by atoms with Crippen molar-refractivity contribution in [2.75, 3.05) is 6.61 Å². The fourth-order valence-electron chi connectivity index (χ4n) is 3.56. The maximum absolute atomic E-state index is 9.85. The second-order valence-electron chi connectivity index (χ2n) is 8.05. The number of nitrogens with two attached hydrogens (primary N) is 1. The highest BCUT2D eigenvalue weighted by molar-refractivity contribution is 5.66. The van der Waals surface area contributed by atoms with Crippen molar-refractivity contribution < 1.29 is 14.9 Å². The van der Waals surface area contributed by atoms with E-state index in [1.807, 2.05) is 12.2 Å². The van der Waals surface area contributed by atoms with E-state index in [2.05, 4.69) is 53.5 Å². The van der Waals surface area contributed by atoms with Crippen LogP contribution in [0.5, 0.6) is 0 Å². The number of benzene rings is 2. The molecule has 0 aliphatic heterocycles. The van der Waals surface area contributed by atoms with Crippen LogP contribution >= 0.6 is 0 Å². The van der Waals surface area contributed by atoms with Crippen LogP contribution in [0.3, 0.4) is 0 Å². The molecule has 1 aliphatic carbocycles. The number of hydrogen-bond donors (Lipinski definition) is 3. The van der Waals surface area contributed by atoms with Gasteiger partial charge in [-0.2, -0.15) is 0 Å². The number of rotatable bonds is 9. The molecule has 0 saturated heterocycles. The summed E-state index contributed by atoms with van der Waals surface area (Å²) in [5, 5.41) is 19.6. The summed E-state index contributed by atoms with van der Waals surface area (Å²) in [6.07, 6.45) is 7.78. The van der Waals surface area contributed by atoms with Gasteiger partial charge in [0, 0.05) is 18.4 Å². The number of imidazole rings is 1. The van der Waals surface area contributed by atoms with Crippen LogP contribution in [0.2, 0.25) is 0 Å². The smallest absolute Gasteiger partial charge is 0.137 e. The zero-order chi connectivity index (χ0) is 21.8. The number of nitrogens with zero attached hydrogens (tertiary/aromatic N) is 2. The Hall–Kier alpha value is -2.77. The third kappa shape index (κ3) is 5.29. The molecule has 31 heavy (non-hydrogen) atoms. The summed E-state index contributed by atoms with van der Waals surface area (Å²) < 4.78 is 7.53. The summed E-state index contributed by atoms with van der Waals surface area (Å²) >= 11 is 0. The predicted octanol–water partition coefficient (Wildman–Crippen LogP) is 3.47. The van der Waals surface area contributed by atoms with Crippen molar-refractivity contribution in [2.45, 2.75) is 44.2 Å². The number of aliphatic hydroxyl groups excluding tert-OH is 2. The average Bonchev–Trinajstić information content (AvgIpc) is 3.27. The van der Waals surface area contributed by atoms with E-state index in [0.717, 1.165) is 28.7 Å². The van der Waals surface area contributed by atoms with Gasteiger partial charge in [0.2, 0.25) is 0 Å². The quantitative estimate of drug-likeness (QED) is 0.494. The topological polar surface area (TPSA) is 93.5 Å². The minimum atomic E-state index is -0.694. The molecule has 162 valence electrons. The molecule has 1 aliphatic rings. The lowest BCUT2D eigenvalue weighted by atomic mass is 10.0. The molecule has 1 heterocycles. The van der Waals surface area contributed by atoms with E-state index in [-0.39, 0.29) is 24.8 Å². The van der Waals surface area contributed by atoms with Crippen molar-refractivity contribution in [3.8, 4) is 11.1 Å². The Balaban J connectivity index is 1.39. The third-order valence-corrected chi connectivity index (χ3v) is 5.57. The predicted molar refractivity (Wildman–Crippen MR) is 121 cm³/mol. The summed E-state index contributed by atoms with van der Waals surface area (Å²) in [5.41, 5.74) is 10.2. The first-order chi connectivity index (χ1) is 15.0. The molecule has 0 amide bonds. The van der Waals surface area contributed by atoms with Crippen molar-refractivity contribution in [3.63, 3.8) is 0 Å². The first-order valence-corrected chi connectivity index (χ1v) is 10.6. The van der Waals surface area contributed by atoms with Crippen molar-refractivity contribution in [1.82, 2.24) is 9.55 Å². The average molecular weight is 420 g/mol. The lowest BCUT2D eigenvalue weighted by Crippen LogP contribution is -2.14. The molecule has 0 bridgehead atoms. The molecule has 4 atom stereocenters. The first-order valence-electron chi connectivity index (χ1n) is 10.6. The van der Waals surface area contributed by atoms with E-state index >= 15 is 0 Å². The van der Waals surface area contributed by atoms with Gasteiger partial charge in [0.25, 0.3) is 0 Å². The second kappa shape index (κ2) is 9.58. The zero-order valence-electron chi connectivity index (χ0n) is 17.6. The molecular formula is C25H29N3O3. The van der Waals surface area contributed by atoms with Crippen LogP contribution in [0.1, 0.15) is 42.4 Å². The third-order valence-electron chi connectivity index (χ3n) is 5.57. The van der Waals surface area contributed by atoms with E-state index in [1.54, 1.807) is 23.9 Å². The van der Waals surface area contributed by atoms with Crippen molar-refractivity contribution >= 4 is 6.08 Å². The van der Waals surface area contributed by atoms with Gasteiger partial charge in [-0.15, -0.1) is 0 Å². The maximum atomic E-state index is 9.85. The first kappa shape index (κ1) is 21.5. The van der Waals surface area contributed by atoms with E-state index in [0.29, 0.717) is 12.4 Å². The van der Waals surface area contributed by atoms with Crippen LogP contribution in [0.4, 0.5) is 0 Å². The lowest BCUT2D eigenvalue weighted by Gasteiger charge is -2.16. The number of hydrogen-bond acceptors (Lipinski definition) is 5. The normalized spacial score (nSPS) is 20.1. The van der Waals surface area contributed by atoms with Crippen LogP contribution in [0, 0.1) is 0 Å². The van der Waals surface area contributed by atoms with Crippen LogP contribution in [-0.2, 0) is 11.3 Å². The van der Waals surface area contributed by atoms with Crippen molar-refractivity contribution in [1.29, 1.82) is 0 Å². The van der Waals surface area contributed by atoms with Gasteiger partial charge in [-0.25, -0.2) is 4.98 Å². The molecule has 1 aromatic heterocycles. The SMILES string of the molecule is C[C@H](O)c1nccn1[C@@H](/C=C/c1ccc(-c2ccc(CO[C@H]3C[C@H]3N)cc2)cc1)CO. The van der Waals surface area contributed by atoms with Crippen molar-refractivity contribution in [3.05, 3.63) is 84.0 Å². The Bertz CT molecular complexity index is 1010. The highest BCUT2D eigenvalue weighted by atomic mass is 16.5. The Morgan fingerprint density at radius 1 is 1.16 bits per heavy atom. The summed E-state index contributed by atoms with van der Waals surface area (Å²) in [5.74, 6) is 0.535. The zero-order valence-corrected chi connectivity index (χ0v) is 17.6. The summed E-state index contributed by atoms with van der Waals surface area (Å²) in [7, 11) is 0. The summed E-state index contributed by atoms with van der Waals surface area (Å²) in [6, 6.07) is 16.6. The molecule has 4 rings (SSSR count). The molecule has 6 heteroatoms. The van der Waals surface area contributed by atoms with Gasteiger partial charge in [0.05, 0.1) is 25.4 Å². The molecular weight excluding hydrogens is 390 g/mol. The summed E-state index contributed by atoms with van der Waals surface area (Å²) in [6.45, 7) is 2.19. The molecule has 0 unspecified atom stereocenters. The molecule has 2 aromatic carbocycles. The van der Waals surface area contributed by atoms with E-state index in [4.69, 9.17) is 10.5 Å². The van der Waals surface area contributed by atoms with Gasteiger partial charge in [-0.05, 0) is 35.6 Å². The minimum absolute atomic E-state index is 0.0760. The Morgan fingerprint density at radius 3 is 2.39 bits per heavy atom. The molecule has 6 nitrogen and oxygen atoms in total. The summed E-state index contributed by atoms with van der Waals surface area (Å²) in [4.78, 5) is 4.17. The van der Waals surface area contributed by atoms with Gasteiger partial charge in [-0.3, -0.25) is 0 Å². The van der Waals surface area contributed by atoms with Gasteiger partial charge >= 0.3 is 0 Å². The Labute approximate surface area is 182 Å². The molecule has 1 fully saturated rings. The molecule has 1 saturated carbocycles. The van der Waals surface area contributed by atoms with Gasteiger partial charge in [-0.1, -0.05) is 60.7 Å². The van der Waals surface area contributed by atoms with Crippen LogP contribution in [-0.4, -0.2) is 38.5 Å². The Morgan fingerprint density at radius 2 is 1.81 bits per heavy atom. The molecule has 0 radical (unpaired) electrons. The highest BCUT2D eigenvalue weighted by Gasteiger charge is 2.34. The molecule has 4 N–H and O–H groups in total. The number of ether oxygens (including phenoxy) is 1. The van der Waals surface area contributed by atoms with Crippen molar-refractivity contribution in [2.24, 2.45) is 5.73 Å². The van der Waals surface area contributed by atoms with E-state index in [1.165, 1.54) is 0 Å². The lowest BCUT2D eigenvalue weighted by molar-refractivity contribution is 0.102. The fourth-order valence-corrected chi connectivity index (χ4v) is 3.56. The van der Waals surface area contributed by atoms with Crippen LogP contribution < -0.4 is 5.73 Å². The van der Waals surface area contributed by atoms with Gasteiger partial charge < -0.3 is 25.3 Å². The van der Waals surface area contributed by atoms with Gasteiger partial charge in [0.1, 0.15) is 11.9 Å². The monoisotopic (exact) mass is 419 g/mol. The van der Waals surface area contributed by atoms with Crippen LogP contribution in [0.15, 0.2) is 67.0 Å². The largest absolute Gasteiger partial charge is 0.394 e. The van der Waals surface area contributed by atoms with Gasteiger partial charge in [0.15, 0.2) is 0 Å². The van der Waals surface area contributed by atoms with E-state index in [9.17, 15) is 10.2 Å². The standard InChI is InChI=1S/C25H29N3O3/c1-17(30)25-27-12-13-28(25)22(15-29)11-6-18-2-7-20(8-3-18)21-9-4-19(5-10-21)16-31-24-14-23(24)26/h2-13,17,22-24,29-30H,14-16,26H2,1H3/b11-6+/t17-,22-,23+,24-/m0/s1. The van der Waals surface area contributed by atoms with Crippen LogP contribution in [0.25, 0.3) is 17.2 Å². The molecule has 3 aromatic rings. The molecule has 0 spiro atoms.